The Labute approximate surface area is 184 Å². The van der Waals surface area contributed by atoms with Crippen LogP contribution >= 0.6 is 0 Å². The summed E-state index contributed by atoms with van der Waals surface area (Å²) >= 11 is 0. The van der Waals surface area contributed by atoms with Crippen molar-refractivity contribution in [3.63, 3.8) is 0 Å². The van der Waals surface area contributed by atoms with E-state index in [1.54, 1.807) is 31.2 Å². The number of hydrogen-bond donors (Lipinski definition) is 7. The number of ether oxygens (including phenoxy) is 1. The van der Waals surface area contributed by atoms with Gasteiger partial charge in [-0.3, -0.25) is 21.9 Å². The van der Waals surface area contributed by atoms with Crippen LogP contribution in [-0.4, -0.2) is 46.1 Å². The molecule has 12 N–H and O–H groups in total. The lowest BCUT2D eigenvalue weighted by Gasteiger charge is -1.98. The molecule has 0 saturated carbocycles. The number of benzene rings is 2. The third-order valence-corrected chi connectivity index (χ3v) is 3.92. The highest BCUT2D eigenvalue weighted by atomic mass is 16.5. The second kappa shape index (κ2) is 15.1. The third kappa shape index (κ3) is 7.83. The van der Waals surface area contributed by atoms with E-state index in [1.807, 2.05) is 36.7 Å². The van der Waals surface area contributed by atoms with Crippen LogP contribution in [0.1, 0.15) is 27.6 Å². The number of hydrazine groups is 2. The first-order valence-corrected chi connectivity index (χ1v) is 9.21. The minimum absolute atomic E-state index is 0. The van der Waals surface area contributed by atoms with Crippen LogP contribution in [-0.2, 0) is 4.74 Å². The van der Waals surface area contributed by atoms with Crippen LogP contribution in [0.2, 0.25) is 0 Å². The maximum atomic E-state index is 11.1. The van der Waals surface area contributed by atoms with Crippen molar-refractivity contribution < 1.29 is 24.9 Å². The van der Waals surface area contributed by atoms with Crippen molar-refractivity contribution in [1.29, 1.82) is 0 Å². The molecule has 0 atom stereocenters. The van der Waals surface area contributed by atoms with Gasteiger partial charge in [-0.05, 0) is 55.5 Å². The average molecular weight is 447 g/mol. The Hall–Kier alpha value is -3.74. The number of nitrogen functional groups attached to an aromatic ring is 1. The Kier molecular flexibility index (Phi) is 13.4. The number of nitrogens with two attached hydrogens (primary N) is 3. The molecule has 32 heavy (non-hydrogen) atoms. The number of fused-ring (bicyclic) bond motifs is 2. The van der Waals surface area contributed by atoms with Crippen LogP contribution in [0.4, 0.5) is 0 Å². The SMILES string of the molecule is CCO.COC(=O)c1ccc2[nH]ccc2c1.NN.NNC(=O)c1ccc2[nH]ccc2c1.O. The van der Waals surface area contributed by atoms with Crippen molar-refractivity contribution in [3.05, 3.63) is 72.1 Å². The highest BCUT2D eigenvalue weighted by molar-refractivity contribution is 5.97. The molecule has 174 valence electrons. The van der Waals surface area contributed by atoms with E-state index in [1.165, 1.54) is 7.11 Å². The molecule has 4 rings (SSSR count). The highest BCUT2D eigenvalue weighted by Crippen LogP contribution is 2.15. The molecule has 0 fully saturated rings. The maximum Gasteiger partial charge on any atom is 0.337 e. The number of esters is 1. The van der Waals surface area contributed by atoms with Crippen LogP contribution < -0.4 is 23.0 Å². The summed E-state index contributed by atoms with van der Waals surface area (Å²) in [6.45, 7) is 1.93. The molecule has 4 aromatic rings. The van der Waals surface area contributed by atoms with Crippen molar-refractivity contribution in [1.82, 2.24) is 15.4 Å². The number of hydrogen-bond acceptors (Lipinski definition) is 7. The number of aromatic amines is 2. The smallest absolute Gasteiger partial charge is 0.337 e. The lowest BCUT2D eigenvalue weighted by atomic mass is 10.1. The molecule has 0 aliphatic carbocycles. The van der Waals surface area contributed by atoms with Crippen LogP contribution in [0.5, 0.6) is 0 Å². The number of H-pyrrole nitrogens is 2. The van der Waals surface area contributed by atoms with Gasteiger partial charge in [0, 0.05) is 46.4 Å². The van der Waals surface area contributed by atoms with E-state index in [9.17, 15) is 9.59 Å². The maximum absolute atomic E-state index is 11.1. The number of amides is 1. The predicted molar refractivity (Wildman–Crippen MR) is 124 cm³/mol. The number of nitrogens with one attached hydrogen (secondary N) is 3. The number of methoxy groups -OCH3 is 1. The summed E-state index contributed by atoms with van der Waals surface area (Å²) in [4.78, 5) is 28.4. The second-order valence-corrected chi connectivity index (χ2v) is 5.84. The van der Waals surface area contributed by atoms with E-state index in [4.69, 9.17) is 10.9 Å². The van der Waals surface area contributed by atoms with Crippen molar-refractivity contribution in [2.45, 2.75) is 6.92 Å². The molecule has 0 aliphatic heterocycles. The monoisotopic (exact) mass is 446 g/mol. The lowest BCUT2D eigenvalue weighted by molar-refractivity contribution is 0.0600. The van der Waals surface area contributed by atoms with Crippen molar-refractivity contribution in [2.24, 2.45) is 17.5 Å². The zero-order valence-electron chi connectivity index (χ0n) is 17.9. The van der Waals surface area contributed by atoms with Gasteiger partial charge in [0.25, 0.3) is 5.91 Å². The van der Waals surface area contributed by atoms with Gasteiger partial charge in [-0.15, -0.1) is 0 Å². The van der Waals surface area contributed by atoms with Gasteiger partial charge in [0.2, 0.25) is 0 Å². The minimum Gasteiger partial charge on any atom is -0.465 e. The van der Waals surface area contributed by atoms with E-state index in [0.29, 0.717) is 11.1 Å². The topological polar surface area (TPSA) is 217 Å². The van der Waals surface area contributed by atoms with E-state index in [2.05, 4.69) is 31.8 Å². The fraction of sp³-hybridized carbons (Fsp3) is 0.143. The first-order valence-electron chi connectivity index (χ1n) is 9.21. The molecule has 1 amide bonds. The van der Waals surface area contributed by atoms with Gasteiger partial charge < -0.3 is 25.3 Å². The van der Waals surface area contributed by atoms with Gasteiger partial charge >= 0.3 is 5.97 Å². The fourth-order valence-corrected chi connectivity index (χ4v) is 2.58. The molecule has 11 heteroatoms. The Bertz CT molecular complexity index is 1010. The number of aliphatic hydroxyl groups is 1. The number of carbonyl (C=O) groups is 2. The Morgan fingerprint density at radius 3 is 1.81 bits per heavy atom. The quantitative estimate of drug-likeness (QED) is 0.101. The Morgan fingerprint density at radius 1 is 0.938 bits per heavy atom. The number of rotatable bonds is 2. The number of carbonyl (C=O) groups excluding carboxylic acids is 2. The zero-order chi connectivity index (χ0) is 23.2. The Morgan fingerprint density at radius 2 is 1.38 bits per heavy atom. The Balaban J connectivity index is 0.000000489. The summed E-state index contributed by atoms with van der Waals surface area (Å²) in [5, 5.41) is 9.59. The molecule has 0 spiro atoms. The summed E-state index contributed by atoms with van der Waals surface area (Å²) in [7, 11) is 1.38. The van der Waals surface area contributed by atoms with Gasteiger partial charge in [0.1, 0.15) is 0 Å². The first kappa shape index (κ1) is 28.3. The second-order valence-electron chi connectivity index (χ2n) is 5.84. The molecule has 2 heterocycles. The number of aliphatic hydroxyl groups excluding tert-OH is 1. The molecule has 0 unspecified atom stereocenters. The van der Waals surface area contributed by atoms with Crippen molar-refractivity contribution >= 4 is 33.7 Å². The van der Waals surface area contributed by atoms with Gasteiger partial charge in [0.05, 0.1) is 12.7 Å². The highest BCUT2D eigenvalue weighted by Gasteiger charge is 2.05. The molecule has 2 aromatic heterocycles. The first-order chi connectivity index (χ1) is 15.0. The summed E-state index contributed by atoms with van der Waals surface area (Å²) < 4.78 is 4.61. The molecular formula is C21H30N6O5. The van der Waals surface area contributed by atoms with Crippen LogP contribution in [0.15, 0.2) is 60.9 Å². The van der Waals surface area contributed by atoms with Gasteiger partial charge in [-0.25, -0.2) is 10.6 Å². The van der Waals surface area contributed by atoms with Crippen LogP contribution in [0.3, 0.4) is 0 Å². The average Bonchev–Trinajstić information content (AvgIpc) is 3.48. The van der Waals surface area contributed by atoms with Crippen LogP contribution in [0.25, 0.3) is 21.8 Å². The summed E-state index contributed by atoms with van der Waals surface area (Å²) in [5.41, 5.74) is 5.26. The molecule has 2 aromatic carbocycles. The van der Waals surface area contributed by atoms with E-state index in [-0.39, 0.29) is 24.0 Å². The molecule has 0 saturated heterocycles. The predicted octanol–water partition coefficient (Wildman–Crippen LogP) is 0.719. The van der Waals surface area contributed by atoms with Crippen LogP contribution in [0, 0.1) is 0 Å². The molecule has 0 radical (unpaired) electrons. The van der Waals surface area contributed by atoms with Crippen molar-refractivity contribution in [2.75, 3.05) is 13.7 Å². The molecule has 0 bridgehead atoms. The standard InChI is InChI=1S/C10H9NO2.C9H9N3O.C2H6O.H4N2.H2O/c1-13-10(12)8-2-3-9-7(6-8)4-5-11-9;10-12-9(13)7-1-2-8-6(5-7)3-4-11-8;1-2-3;1-2;/h2-6,11H,1H3;1-5,11H,10H2,(H,12,13);3H,2H2,1H3;1-2H2;1H2. The fourth-order valence-electron chi connectivity index (χ4n) is 2.58. The summed E-state index contributed by atoms with van der Waals surface area (Å²) in [5.74, 6) is 12.4. The van der Waals surface area contributed by atoms with E-state index in [0.717, 1.165) is 21.8 Å². The number of aromatic nitrogens is 2. The normalized spacial score (nSPS) is 9.06. The summed E-state index contributed by atoms with van der Waals surface area (Å²) in [6, 6.07) is 14.6. The van der Waals surface area contributed by atoms with Crippen molar-refractivity contribution in [3.8, 4) is 0 Å². The van der Waals surface area contributed by atoms with E-state index < -0.39 is 0 Å². The third-order valence-electron chi connectivity index (χ3n) is 3.92. The summed E-state index contributed by atoms with van der Waals surface area (Å²) in [6.07, 6.45) is 3.67. The molecular weight excluding hydrogens is 416 g/mol. The minimum atomic E-state index is -0.303. The van der Waals surface area contributed by atoms with Gasteiger partial charge in [0.15, 0.2) is 0 Å². The lowest BCUT2D eigenvalue weighted by Crippen LogP contribution is -2.29. The molecule has 11 nitrogen and oxygen atoms in total. The van der Waals surface area contributed by atoms with E-state index >= 15 is 0 Å². The largest absolute Gasteiger partial charge is 0.465 e. The molecule has 0 aliphatic rings. The van der Waals surface area contributed by atoms with Gasteiger partial charge in [-0.1, -0.05) is 0 Å². The zero-order valence-corrected chi connectivity index (χ0v) is 17.9. The van der Waals surface area contributed by atoms with Gasteiger partial charge in [-0.2, -0.15) is 0 Å².